The van der Waals surface area contributed by atoms with Crippen LogP contribution in [0.5, 0.6) is 0 Å². The van der Waals surface area contributed by atoms with Gasteiger partial charge in [-0.2, -0.15) is 13.7 Å². The second-order valence-corrected chi connectivity index (χ2v) is 80.9. The van der Waals surface area contributed by atoms with Crippen LogP contribution in [0.15, 0.2) is 104 Å². The van der Waals surface area contributed by atoms with Gasteiger partial charge < -0.3 is 36.3 Å². The molecule has 0 saturated carbocycles. The van der Waals surface area contributed by atoms with E-state index in [1.165, 1.54) is 12.1 Å². The number of aryl methyl sites for hydroxylation is 1. The third kappa shape index (κ3) is 30.6. The molecule has 3 aliphatic heterocycles. The van der Waals surface area contributed by atoms with Gasteiger partial charge in [0.05, 0.1) is 172 Å². The van der Waals surface area contributed by atoms with Gasteiger partial charge in [-0.25, -0.2) is 71.8 Å². The minimum absolute atomic E-state index is 0.0126. The van der Waals surface area contributed by atoms with Crippen molar-refractivity contribution in [3.05, 3.63) is 119 Å². The largest absolute Gasteiger partial charge is 0.460 e. The van der Waals surface area contributed by atoms with Gasteiger partial charge in [0.25, 0.3) is 10.1 Å². The number of hydrogen-bond donors (Lipinski definition) is 5. The number of benzene rings is 1. The molecule has 836 valence electrons. The summed E-state index contributed by atoms with van der Waals surface area (Å²) in [7, 11) is -24.9. The van der Waals surface area contributed by atoms with E-state index in [0.717, 1.165) is 83.3 Å². The maximum atomic E-state index is 16.8. The van der Waals surface area contributed by atoms with Crippen molar-refractivity contribution in [2.24, 2.45) is 43.9 Å². The number of halogens is 8. The van der Waals surface area contributed by atoms with E-state index in [9.17, 15) is 41.0 Å². The number of rotatable bonds is 42. The van der Waals surface area contributed by atoms with E-state index < -0.39 is 163 Å². The van der Waals surface area contributed by atoms with Gasteiger partial charge in [0, 0.05) is 31.2 Å². The van der Waals surface area contributed by atoms with Crippen LogP contribution in [0.2, 0.25) is 72.5 Å². The van der Waals surface area contributed by atoms with E-state index in [2.05, 4.69) is 195 Å². The quantitative estimate of drug-likeness (QED) is 0.00605. The first-order chi connectivity index (χ1) is 68.2. The van der Waals surface area contributed by atoms with Crippen LogP contribution in [-0.4, -0.2) is 228 Å². The molecule has 0 amide bonds. The van der Waals surface area contributed by atoms with E-state index in [0.29, 0.717) is 58.9 Å². The highest BCUT2D eigenvalue weighted by atomic mass is 79.9. The van der Waals surface area contributed by atoms with Crippen LogP contribution in [0.1, 0.15) is 275 Å². The molecule has 7 N–H and O–H groups in total. The molecule has 0 radical (unpaired) electrons. The van der Waals surface area contributed by atoms with Gasteiger partial charge in [0.2, 0.25) is 0 Å². The standard InChI is InChI=1S/C34H51BrFN3O6S2Si.C27H45BrFN3O4SSi.2C21H36BrFN4O2SSi/c1-11-48(12-2,13-3)26-21-28(35)38-31(30(26)36)34(10)23-46(41,33(8,9)27(39-34)22-29(40)45-32(5,6)7)37-19-14-20-44-47(42,43)25-17-15-24(4)16-18-25;1-10-38(11-2,12-3)19-16-21(28)31-24(23(19)29)27(9)18-37(35,30-14-13-15-33)26(7,8)20(32-27)17-22(34)36-25(4,5)6;1-7-31(8-2,9-3)15-13-16(22)26-18(17(15)23)21(6)14-30(29,25-11-10-12-28)20(4,5)19(24)27-21;1-7-31(8-2,9-3)16-13-17(22)27-19(18(16)23)21(6,25)15-30(29,20(4,5)14-24)26-11-10-12-28/h15-18,21H,11-14,19-20,22-23H2,1-10H3;16,33H,10-15,17-18H2,1-9H3;13,28H,7-12,14H2,1-6H3,(H2,24,27);13,28H,7-12,15,25H2,1-6H3/t34-,46+;27-,37+;2*21-,30+/m0000/s1. The van der Waals surface area contributed by atoms with E-state index >= 15 is 21.8 Å². The number of aliphatic hydroxyl groups excluding tert-OH is 3. The Morgan fingerprint density at radius 2 is 0.764 bits per heavy atom. The van der Waals surface area contributed by atoms with Crippen molar-refractivity contribution >= 4 is 195 Å². The summed E-state index contributed by atoms with van der Waals surface area (Å²) in [5.74, 6) is -2.88. The molecule has 8 rings (SSSR count). The molecule has 4 aromatic heterocycles. The molecule has 148 heavy (non-hydrogen) atoms. The Morgan fingerprint density at radius 3 is 1.07 bits per heavy atom. The van der Waals surface area contributed by atoms with Gasteiger partial charge >= 0.3 is 11.9 Å². The first kappa shape index (κ1) is 134. The molecule has 0 aliphatic carbocycles. The average Bonchev–Trinajstić information content (AvgIpc) is 0.721. The minimum atomic E-state index is -3.98. The highest BCUT2D eigenvalue weighted by molar-refractivity contribution is 9.11. The van der Waals surface area contributed by atoms with Crippen molar-refractivity contribution in [1.82, 2.24) is 19.9 Å². The number of aliphatic hydroxyl groups is 3. The molecule has 0 bridgehead atoms. The Morgan fingerprint density at radius 1 is 0.473 bits per heavy atom. The van der Waals surface area contributed by atoms with Crippen LogP contribution in [0.25, 0.3) is 0 Å². The van der Waals surface area contributed by atoms with E-state index in [4.69, 9.17) is 45.3 Å². The number of nitriles is 1. The van der Waals surface area contributed by atoms with Crippen molar-refractivity contribution in [2.75, 3.05) is 75.6 Å². The molecule has 3 aliphatic rings. The lowest BCUT2D eigenvalue weighted by Gasteiger charge is -2.42. The molecule has 45 heteroatoms. The first-order valence-electron chi connectivity index (χ1n) is 51.4. The summed E-state index contributed by atoms with van der Waals surface area (Å²) in [6.07, 6.45) is 0.806. The number of carbonyl (C=O) groups is 2. The Kier molecular flexibility index (Phi) is 47.8. The molecular weight excluding hydrogens is 2330 g/mol. The zero-order valence-electron chi connectivity index (χ0n) is 93.3. The van der Waals surface area contributed by atoms with Crippen LogP contribution in [0, 0.1) is 41.5 Å². The molecular formula is C103H168Br4F4N14O14S5Si4. The summed E-state index contributed by atoms with van der Waals surface area (Å²) in [6.45, 7) is 58.3. The predicted octanol–water partition coefficient (Wildman–Crippen LogP) is 21.1. The number of nitrogens with zero attached hydrogens (tertiary/aromatic N) is 12. The van der Waals surface area contributed by atoms with Gasteiger partial charge in [0.15, 0.2) is 0 Å². The number of ether oxygens (including phenoxy) is 2. The fraction of sp³-hybridized carbons (Fsp3) is 0.689. The maximum Gasteiger partial charge on any atom is 0.312 e. The van der Waals surface area contributed by atoms with Gasteiger partial charge in [-0.15, -0.1) is 0 Å². The lowest BCUT2D eigenvalue weighted by molar-refractivity contribution is -0.154. The van der Waals surface area contributed by atoms with Gasteiger partial charge in [-0.05, 0) is 278 Å². The molecule has 7 heterocycles. The smallest absolute Gasteiger partial charge is 0.312 e. The Labute approximate surface area is 920 Å². The summed E-state index contributed by atoms with van der Waals surface area (Å²) in [4.78, 5) is 58.7. The molecule has 0 spiro atoms. The highest BCUT2D eigenvalue weighted by Crippen LogP contribution is 2.46. The number of aliphatic imine (C=N–C) groups is 3. The SMILES string of the molecule is CC[Si](CC)(CC)c1cc(Br)nc([C@@](C)(N)C[S@](=O)(=NCCCO)C(C)(C)C#N)c1F.CC[Si](CC)(CC)c1cc(Br)nc([C@]2(C)C[S@](=O)(=NCCCO)C(C)(C)C(CC(=O)OC(C)(C)C)=N2)c1F.CC[Si](CC)(CC)c1cc(Br)nc([C@]2(C)C[S@](=O)(=NCCCO)C(C)(C)C(N)=N2)c1F.CC[Si](CC)(CC)c1cc(Br)nc([C@]2(C)C[S@](=O)(=NCCCOS(=O)(=O)c3ccc(C)cc3)C(C)(C)C(CC(=O)OC(C)(C)C)=N2)c1F. The lowest BCUT2D eigenvalue weighted by Crippen LogP contribution is -2.56. The van der Waals surface area contributed by atoms with Crippen molar-refractivity contribution < 1.29 is 81.4 Å². The minimum Gasteiger partial charge on any atom is -0.460 e. The molecule has 1 aromatic carbocycles. The molecule has 0 unspecified atom stereocenters. The van der Waals surface area contributed by atoms with Crippen molar-refractivity contribution in [1.29, 1.82) is 5.26 Å². The summed E-state index contributed by atoms with van der Waals surface area (Å²) in [5.41, 5.74) is 8.04. The van der Waals surface area contributed by atoms with Crippen LogP contribution in [0.3, 0.4) is 0 Å². The van der Waals surface area contributed by atoms with Crippen LogP contribution in [0.4, 0.5) is 17.6 Å². The second-order valence-electron chi connectivity index (χ2n) is 43.7. The second kappa shape index (κ2) is 53.0. The third-order valence-corrected chi connectivity index (χ3v) is 68.8. The number of nitrogens with two attached hydrogens (primary N) is 2. The highest BCUT2D eigenvalue weighted by Gasteiger charge is 2.56. The Balaban J connectivity index is 0.000000353. The topological polar surface area (TPSA) is 439 Å². The molecule has 0 saturated heterocycles. The number of carbonyl (C=O) groups excluding carboxylic acids is 2. The van der Waals surface area contributed by atoms with Crippen molar-refractivity contribution in [2.45, 2.75) is 383 Å². The molecule has 8 atom stereocenters. The monoisotopic (exact) mass is 2490 g/mol. The predicted molar refractivity (Wildman–Crippen MR) is 623 cm³/mol. The molecule has 5 aromatic rings. The van der Waals surface area contributed by atoms with Gasteiger partial charge in [-0.1, -0.05) is 173 Å². The molecule has 28 nitrogen and oxygen atoms in total. The number of esters is 2. The lowest BCUT2D eigenvalue weighted by atomic mass is 9.95. The number of pyridine rings is 4. The first-order valence-corrected chi connectivity index (χ1v) is 73.2. The fourth-order valence-corrected chi connectivity index (χ4v) is 47.6. The summed E-state index contributed by atoms with van der Waals surface area (Å²) < 4.78 is 180. The van der Waals surface area contributed by atoms with Crippen LogP contribution < -0.4 is 32.2 Å². The number of hydrogen-bond acceptors (Lipinski definition) is 28. The van der Waals surface area contributed by atoms with Crippen molar-refractivity contribution in [3.63, 3.8) is 0 Å². The van der Waals surface area contributed by atoms with E-state index in [-0.39, 0.29) is 140 Å². The molecule has 0 fully saturated rings. The Bertz CT molecular complexity index is 6300. The van der Waals surface area contributed by atoms with Gasteiger partial charge in [0.1, 0.15) is 102 Å². The van der Waals surface area contributed by atoms with Gasteiger partial charge in [-0.3, -0.25) is 28.7 Å². The zero-order chi connectivity index (χ0) is 113. The summed E-state index contributed by atoms with van der Waals surface area (Å²) >= 11 is 13.9. The van der Waals surface area contributed by atoms with Crippen LogP contribution in [-0.2, 0) is 94.4 Å². The maximum absolute atomic E-state index is 16.8. The summed E-state index contributed by atoms with van der Waals surface area (Å²) in [6, 6.07) is 26.2. The normalized spacial score (nSPS) is 21.9. The fourth-order valence-electron chi connectivity index (χ4n) is 19.4. The Hall–Kier alpha value is -4.88. The summed E-state index contributed by atoms with van der Waals surface area (Å²) in [5, 5.41) is 39.9. The average molecular weight is 2490 g/mol. The van der Waals surface area contributed by atoms with E-state index in [1.807, 2.05) is 13.0 Å². The zero-order valence-corrected chi connectivity index (χ0v) is 108. The third-order valence-electron chi connectivity index (χ3n) is 30.2. The van der Waals surface area contributed by atoms with Crippen LogP contribution >= 0.6 is 63.7 Å². The van der Waals surface area contributed by atoms with E-state index in [1.54, 1.807) is 155 Å². The number of aromatic nitrogens is 4. The number of amidine groups is 1. The van der Waals surface area contributed by atoms with Crippen molar-refractivity contribution in [3.8, 4) is 6.07 Å².